The molecule has 0 bridgehead atoms. The zero-order chi connectivity index (χ0) is 9.83. The Morgan fingerprint density at radius 2 is 1.75 bits per heavy atom. The lowest BCUT2D eigenvalue weighted by atomic mass is 9.85. The van der Waals surface area contributed by atoms with Crippen molar-refractivity contribution in [1.82, 2.24) is 0 Å². The van der Waals surface area contributed by atoms with Gasteiger partial charge in [-0.2, -0.15) is 13.2 Å². The molecule has 0 radical (unpaired) electrons. The van der Waals surface area contributed by atoms with Gasteiger partial charge in [-0.25, -0.2) is 0 Å². The van der Waals surface area contributed by atoms with Gasteiger partial charge in [-0.3, -0.25) is 0 Å². The van der Waals surface area contributed by atoms with Gasteiger partial charge in [0.1, 0.15) is 0 Å². The molecule has 0 heterocycles. The van der Waals surface area contributed by atoms with E-state index in [9.17, 15) is 13.2 Å². The van der Waals surface area contributed by atoms with Crippen LogP contribution in [0.4, 0.5) is 13.2 Å². The standard InChI is InChI=1S/C8H15F3O/c1-3-4-5-7(2,6-12)8(9,10)11/h12H,3-6H2,1-2H3/t7-/m0/s1. The largest absolute Gasteiger partial charge is 0.396 e. The predicted molar refractivity (Wildman–Crippen MR) is 40.8 cm³/mol. The summed E-state index contributed by atoms with van der Waals surface area (Å²) in [5.41, 5.74) is -1.91. The number of hydrogen-bond acceptors (Lipinski definition) is 1. The van der Waals surface area contributed by atoms with E-state index in [4.69, 9.17) is 5.11 Å². The Morgan fingerprint density at radius 1 is 1.25 bits per heavy atom. The highest BCUT2D eigenvalue weighted by molar-refractivity contribution is 4.80. The van der Waals surface area contributed by atoms with E-state index in [1.807, 2.05) is 6.92 Å². The Labute approximate surface area is 70.6 Å². The topological polar surface area (TPSA) is 20.2 Å². The van der Waals surface area contributed by atoms with Gasteiger partial charge >= 0.3 is 6.18 Å². The van der Waals surface area contributed by atoms with Crippen LogP contribution in [0.15, 0.2) is 0 Å². The molecule has 0 fully saturated rings. The maximum Gasteiger partial charge on any atom is 0.396 e. The molecule has 0 unspecified atom stereocenters. The Morgan fingerprint density at radius 3 is 2.00 bits per heavy atom. The fraction of sp³-hybridized carbons (Fsp3) is 1.00. The molecule has 0 rings (SSSR count). The summed E-state index contributed by atoms with van der Waals surface area (Å²) >= 11 is 0. The molecule has 0 aromatic carbocycles. The molecular formula is C8H15F3O. The van der Waals surface area contributed by atoms with Crippen molar-refractivity contribution in [1.29, 1.82) is 0 Å². The van der Waals surface area contributed by atoms with Crippen LogP contribution in [0.5, 0.6) is 0 Å². The minimum absolute atomic E-state index is 0.00347. The molecule has 0 saturated heterocycles. The summed E-state index contributed by atoms with van der Waals surface area (Å²) in [7, 11) is 0. The Hall–Kier alpha value is -0.250. The second kappa shape index (κ2) is 4.12. The second-order valence-corrected chi connectivity index (χ2v) is 3.32. The number of unbranched alkanes of at least 4 members (excludes halogenated alkanes) is 1. The Balaban J connectivity index is 4.24. The van der Waals surface area contributed by atoms with Crippen molar-refractivity contribution in [2.75, 3.05) is 6.61 Å². The van der Waals surface area contributed by atoms with Crippen LogP contribution >= 0.6 is 0 Å². The molecule has 0 saturated carbocycles. The molecule has 0 aliphatic carbocycles. The molecule has 0 aliphatic rings. The molecule has 1 nitrogen and oxygen atoms in total. The van der Waals surface area contributed by atoms with Gasteiger partial charge in [0.15, 0.2) is 0 Å². The molecule has 74 valence electrons. The molecular weight excluding hydrogens is 169 g/mol. The van der Waals surface area contributed by atoms with E-state index >= 15 is 0 Å². The number of aliphatic hydroxyl groups excluding tert-OH is 1. The van der Waals surface area contributed by atoms with Gasteiger partial charge in [0.2, 0.25) is 0 Å². The van der Waals surface area contributed by atoms with Crippen LogP contribution in [-0.4, -0.2) is 17.9 Å². The average Bonchev–Trinajstić information content (AvgIpc) is 1.98. The van der Waals surface area contributed by atoms with Crippen LogP contribution in [0.3, 0.4) is 0 Å². The van der Waals surface area contributed by atoms with Gasteiger partial charge in [0.25, 0.3) is 0 Å². The van der Waals surface area contributed by atoms with Crippen LogP contribution in [0, 0.1) is 5.41 Å². The van der Waals surface area contributed by atoms with E-state index in [0.29, 0.717) is 12.8 Å². The first kappa shape index (κ1) is 11.8. The van der Waals surface area contributed by atoms with Crippen LogP contribution in [0.25, 0.3) is 0 Å². The first-order valence-corrected chi connectivity index (χ1v) is 4.05. The minimum Gasteiger partial charge on any atom is -0.395 e. The Bertz CT molecular complexity index is 133. The van der Waals surface area contributed by atoms with Gasteiger partial charge in [-0.05, 0) is 13.3 Å². The van der Waals surface area contributed by atoms with E-state index in [1.54, 1.807) is 0 Å². The third-order valence-electron chi connectivity index (χ3n) is 2.12. The average molecular weight is 184 g/mol. The van der Waals surface area contributed by atoms with Crippen molar-refractivity contribution < 1.29 is 18.3 Å². The molecule has 0 aliphatic heterocycles. The molecule has 1 N–H and O–H groups in total. The highest BCUT2D eigenvalue weighted by atomic mass is 19.4. The summed E-state index contributed by atoms with van der Waals surface area (Å²) in [6.07, 6.45) is -3.08. The highest BCUT2D eigenvalue weighted by Crippen LogP contribution is 2.41. The van der Waals surface area contributed by atoms with Crippen molar-refractivity contribution in [3.05, 3.63) is 0 Å². The van der Waals surface area contributed by atoms with E-state index < -0.39 is 18.2 Å². The lowest BCUT2D eigenvalue weighted by Crippen LogP contribution is -2.38. The van der Waals surface area contributed by atoms with Gasteiger partial charge < -0.3 is 5.11 Å². The fourth-order valence-corrected chi connectivity index (χ4v) is 0.877. The number of alkyl halides is 3. The number of hydrogen-bond donors (Lipinski definition) is 1. The maximum atomic E-state index is 12.3. The van der Waals surface area contributed by atoms with Crippen LogP contribution < -0.4 is 0 Å². The quantitative estimate of drug-likeness (QED) is 0.712. The molecule has 0 aromatic heterocycles. The molecule has 0 amide bonds. The molecule has 12 heavy (non-hydrogen) atoms. The third-order valence-corrected chi connectivity index (χ3v) is 2.12. The molecule has 0 spiro atoms. The predicted octanol–water partition coefficient (Wildman–Crippen LogP) is 2.74. The van der Waals surface area contributed by atoms with Crippen molar-refractivity contribution >= 4 is 0 Å². The van der Waals surface area contributed by atoms with Gasteiger partial charge in [0.05, 0.1) is 12.0 Å². The van der Waals surface area contributed by atoms with Gasteiger partial charge in [-0.1, -0.05) is 19.8 Å². The Kier molecular flexibility index (Phi) is 4.03. The van der Waals surface area contributed by atoms with E-state index in [2.05, 4.69) is 0 Å². The summed E-state index contributed by atoms with van der Waals surface area (Å²) in [4.78, 5) is 0. The number of aliphatic hydroxyl groups is 1. The van der Waals surface area contributed by atoms with Gasteiger partial charge in [-0.15, -0.1) is 0 Å². The summed E-state index contributed by atoms with van der Waals surface area (Å²) in [6, 6.07) is 0. The first-order chi connectivity index (χ1) is 5.37. The summed E-state index contributed by atoms with van der Waals surface area (Å²) in [5, 5.41) is 8.63. The monoisotopic (exact) mass is 184 g/mol. The highest BCUT2D eigenvalue weighted by Gasteiger charge is 2.49. The van der Waals surface area contributed by atoms with E-state index in [0.717, 1.165) is 6.92 Å². The van der Waals surface area contributed by atoms with Crippen molar-refractivity contribution in [2.24, 2.45) is 5.41 Å². The van der Waals surface area contributed by atoms with Crippen molar-refractivity contribution in [3.63, 3.8) is 0 Å². The van der Waals surface area contributed by atoms with Crippen LogP contribution in [0.2, 0.25) is 0 Å². The van der Waals surface area contributed by atoms with E-state index in [-0.39, 0.29) is 6.42 Å². The first-order valence-electron chi connectivity index (χ1n) is 4.05. The SMILES string of the molecule is CCCC[C@@](C)(CO)C(F)(F)F. The number of halogens is 3. The van der Waals surface area contributed by atoms with Crippen molar-refractivity contribution in [2.45, 2.75) is 39.3 Å². The third kappa shape index (κ3) is 2.66. The fourth-order valence-electron chi connectivity index (χ4n) is 0.877. The lowest BCUT2D eigenvalue weighted by Gasteiger charge is -2.29. The van der Waals surface area contributed by atoms with Crippen molar-refractivity contribution in [3.8, 4) is 0 Å². The van der Waals surface area contributed by atoms with Gasteiger partial charge in [0, 0.05) is 0 Å². The summed E-state index contributed by atoms with van der Waals surface area (Å²) < 4.78 is 36.8. The molecule has 4 heteroatoms. The maximum absolute atomic E-state index is 12.3. The smallest absolute Gasteiger partial charge is 0.395 e. The number of rotatable bonds is 4. The normalized spacial score (nSPS) is 17.5. The minimum atomic E-state index is -4.29. The molecule has 0 aromatic rings. The molecule has 1 atom stereocenters. The van der Waals surface area contributed by atoms with E-state index in [1.165, 1.54) is 0 Å². The second-order valence-electron chi connectivity index (χ2n) is 3.32. The summed E-state index contributed by atoms with van der Waals surface area (Å²) in [6.45, 7) is 2.06. The van der Waals surface area contributed by atoms with Crippen LogP contribution in [-0.2, 0) is 0 Å². The zero-order valence-corrected chi connectivity index (χ0v) is 7.41. The lowest BCUT2D eigenvalue weighted by molar-refractivity contribution is -0.231. The zero-order valence-electron chi connectivity index (χ0n) is 7.41. The van der Waals surface area contributed by atoms with Crippen LogP contribution in [0.1, 0.15) is 33.1 Å². The summed E-state index contributed by atoms with van der Waals surface area (Å²) in [5.74, 6) is 0.